The van der Waals surface area contributed by atoms with Crippen LogP contribution in [0, 0.1) is 6.92 Å². The van der Waals surface area contributed by atoms with Crippen molar-refractivity contribution < 1.29 is 12.6 Å². The lowest BCUT2D eigenvalue weighted by atomic mass is 10.3. The molecule has 0 fully saturated rings. The fourth-order valence-electron chi connectivity index (χ4n) is 1.98. The molecule has 1 N–H and O–H groups in total. The van der Waals surface area contributed by atoms with E-state index in [0.29, 0.717) is 23.1 Å². The highest BCUT2D eigenvalue weighted by Gasteiger charge is 2.12. The summed E-state index contributed by atoms with van der Waals surface area (Å²) < 4.78 is 28.9. The lowest BCUT2D eigenvalue weighted by Gasteiger charge is -2.10. The van der Waals surface area contributed by atoms with E-state index in [0.717, 1.165) is 12.1 Å². The molecule has 0 saturated heterocycles. The topological polar surface area (TPSA) is 81.2 Å². The molecular formula is C16H21N3O3S2. The molecule has 1 heterocycles. The average Bonchev–Trinajstić information content (AvgIpc) is 2.52. The zero-order valence-electron chi connectivity index (χ0n) is 13.9. The van der Waals surface area contributed by atoms with Gasteiger partial charge in [-0.3, -0.25) is 0 Å². The van der Waals surface area contributed by atoms with Crippen LogP contribution in [-0.2, 0) is 10.1 Å². The zero-order chi connectivity index (χ0) is 17.6. The van der Waals surface area contributed by atoms with Gasteiger partial charge in [-0.15, -0.1) is 0 Å². The Morgan fingerprint density at radius 2 is 2.04 bits per heavy atom. The third-order valence-corrected chi connectivity index (χ3v) is 4.88. The zero-order valence-corrected chi connectivity index (χ0v) is 15.6. The molecule has 0 atom stereocenters. The molecule has 0 amide bonds. The van der Waals surface area contributed by atoms with E-state index in [1.54, 1.807) is 18.2 Å². The fraction of sp³-hybridized carbons (Fsp3) is 0.375. The number of benzene rings is 1. The Morgan fingerprint density at radius 3 is 2.75 bits per heavy atom. The third-order valence-electron chi connectivity index (χ3n) is 3.09. The second-order valence-corrected chi connectivity index (χ2v) is 7.70. The molecular weight excluding hydrogens is 346 g/mol. The number of nitrogens with one attached hydrogen (secondary N) is 1. The van der Waals surface area contributed by atoms with Gasteiger partial charge in [0.1, 0.15) is 11.6 Å². The van der Waals surface area contributed by atoms with Crippen molar-refractivity contribution in [2.24, 2.45) is 0 Å². The van der Waals surface area contributed by atoms with Crippen LogP contribution in [0.5, 0.6) is 5.75 Å². The van der Waals surface area contributed by atoms with E-state index < -0.39 is 10.1 Å². The summed E-state index contributed by atoms with van der Waals surface area (Å²) in [6, 6.07) is 8.64. The van der Waals surface area contributed by atoms with Crippen LogP contribution in [0.15, 0.2) is 35.5 Å². The summed E-state index contributed by atoms with van der Waals surface area (Å²) in [5.41, 5.74) is 1.55. The molecule has 0 aliphatic carbocycles. The van der Waals surface area contributed by atoms with E-state index >= 15 is 0 Å². The molecule has 24 heavy (non-hydrogen) atoms. The standard InChI is InChI=1S/C16H21N3O3S2/c1-4-5-9-24(20,21)22-14-8-6-7-13(11-14)18-15-10-12(2)17-16(19-15)23-3/h6-8,10-11H,4-5,9H2,1-3H3,(H,17,18,19). The highest BCUT2D eigenvalue weighted by Crippen LogP contribution is 2.23. The molecule has 0 aliphatic heterocycles. The van der Waals surface area contributed by atoms with Crippen LogP contribution < -0.4 is 9.50 Å². The van der Waals surface area contributed by atoms with Crippen LogP contribution >= 0.6 is 11.8 Å². The Labute approximate surface area is 147 Å². The largest absolute Gasteiger partial charge is 0.382 e. The number of unbranched alkanes of at least 4 members (excludes halogenated alkanes) is 1. The fourth-order valence-corrected chi connectivity index (χ4v) is 3.53. The van der Waals surface area contributed by atoms with Crippen LogP contribution in [0.2, 0.25) is 0 Å². The molecule has 0 spiro atoms. The van der Waals surface area contributed by atoms with Crippen molar-refractivity contribution in [2.75, 3.05) is 17.3 Å². The van der Waals surface area contributed by atoms with Gasteiger partial charge in [0.15, 0.2) is 5.16 Å². The summed E-state index contributed by atoms with van der Waals surface area (Å²) in [6.45, 7) is 3.83. The van der Waals surface area contributed by atoms with Crippen molar-refractivity contribution in [1.82, 2.24) is 9.97 Å². The quantitative estimate of drug-likeness (QED) is 0.432. The first kappa shape index (κ1) is 18.5. The van der Waals surface area contributed by atoms with Gasteiger partial charge in [-0.25, -0.2) is 9.97 Å². The summed E-state index contributed by atoms with van der Waals surface area (Å²) >= 11 is 1.46. The highest BCUT2D eigenvalue weighted by atomic mass is 32.2. The van der Waals surface area contributed by atoms with Crippen LogP contribution in [0.25, 0.3) is 0 Å². The van der Waals surface area contributed by atoms with Crippen LogP contribution in [0.4, 0.5) is 11.5 Å². The van der Waals surface area contributed by atoms with Crippen molar-refractivity contribution in [2.45, 2.75) is 31.8 Å². The summed E-state index contributed by atoms with van der Waals surface area (Å²) in [7, 11) is -3.56. The van der Waals surface area contributed by atoms with E-state index in [1.165, 1.54) is 11.8 Å². The van der Waals surface area contributed by atoms with E-state index in [-0.39, 0.29) is 11.5 Å². The lowest BCUT2D eigenvalue weighted by molar-refractivity contribution is 0.484. The van der Waals surface area contributed by atoms with Crippen molar-refractivity contribution >= 4 is 33.4 Å². The van der Waals surface area contributed by atoms with Crippen molar-refractivity contribution in [3.05, 3.63) is 36.0 Å². The maximum atomic E-state index is 11.9. The smallest absolute Gasteiger partial charge is 0.309 e. The Kier molecular flexibility index (Phi) is 6.44. The van der Waals surface area contributed by atoms with Crippen LogP contribution in [0.1, 0.15) is 25.5 Å². The van der Waals surface area contributed by atoms with Gasteiger partial charge in [0, 0.05) is 23.5 Å². The van der Waals surface area contributed by atoms with Crippen molar-refractivity contribution in [1.29, 1.82) is 0 Å². The van der Waals surface area contributed by atoms with Gasteiger partial charge < -0.3 is 9.50 Å². The molecule has 0 aliphatic rings. The van der Waals surface area contributed by atoms with E-state index in [4.69, 9.17) is 4.18 Å². The first-order valence-corrected chi connectivity index (χ1v) is 10.4. The number of hydrogen-bond donors (Lipinski definition) is 1. The summed E-state index contributed by atoms with van der Waals surface area (Å²) in [4.78, 5) is 8.67. The Morgan fingerprint density at radius 1 is 1.25 bits per heavy atom. The number of nitrogens with zero attached hydrogens (tertiary/aromatic N) is 2. The van der Waals surface area contributed by atoms with Gasteiger partial charge in [-0.05, 0) is 31.7 Å². The van der Waals surface area contributed by atoms with E-state index in [9.17, 15) is 8.42 Å². The molecule has 0 radical (unpaired) electrons. The number of rotatable bonds is 8. The first-order valence-electron chi connectivity index (χ1n) is 7.61. The maximum Gasteiger partial charge on any atom is 0.309 e. The van der Waals surface area contributed by atoms with E-state index in [1.807, 2.05) is 32.2 Å². The number of hydrogen-bond acceptors (Lipinski definition) is 7. The molecule has 6 nitrogen and oxygen atoms in total. The van der Waals surface area contributed by atoms with Crippen LogP contribution in [0.3, 0.4) is 0 Å². The number of thioether (sulfide) groups is 1. The average molecular weight is 367 g/mol. The van der Waals surface area contributed by atoms with Gasteiger partial charge in [0.25, 0.3) is 0 Å². The summed E-state index contributed by atoms with van der Waals surface area (Å²) in [6.07, 6.45) is 3.29. The molecule has 0 unspecified atom stereocenters. The SMILES string of the molecule is CCCCS(=O)(=O)Oc1cccc(Nc2cc(C)nc(SC)n2)c1. The lowest BCUT2D eigenvalue weighted by Crippen LogP contribution is -2.13. The Balaban J connectivity index is 2.14. The minimum atomic E-state index is -3.56. The Bertz CT molecular complexity index is 795. The normalized spacial score (nSPS) is 11.3. The van der Waals surface area contributed by atoms with Gasteiger partial charge >= 0.3 is 10.1 Å². The second-order valence-electron chi connectivity index (χ2n) is 5.23. The molecule has 8 heteroatoms. The highest BCUT2D eigenvalue weighted by molar-refractivity contribution is 7.98. The van der Waals surface area contributed by atoms with Crippen LogP contribution in [-0.4, -0.2) is 30.4 Å². The van der Waals surface area contributed by atoms with Crippen molar-refractivity contribution in [3.8, 4) is 5.75 Å². The Hall–Kier alpha value is -1.80. The molecule has 1 aromatic heterocycles. The van der Waals surface area contributed by atoms with Gasteiger partial charge in [0.05, 0.1) is 5.75 Å². The van der Waals surface area contributed by atoms with E-state index in [2.05, 4.69) is 15.3 Å². The van der Waals surface area contributed by atoms with Gasteiger partial charge in [-0.1, -0.05) is 31.2 Å². The van der Waals surface area contributed by atoms with Crippen molar-refractivity contribution in [3.63, 3.8) is 0 Å². The molecule has 0 bridgehead atoms. The number of anilines is 2. The van der Waals surface area contributed by atoms with Gasteiger partial charge in [-0.2, -0.15) is 8.42 Å². The molecule has 1 aromatic carbocycles. The molecule has 130 valence electrons. The third kappa shape index (κ3) is 5.68. The number of aryl methyl sites for hydroxylation is 1. The number of aromatic nitrogens is 2. The summed E-state index contributed by atoms with van der Waals surface area (Å²) in [5.74, 6) is 0.952. The molecule has 2 rings (SSSR count). The summed E-state index contributed by atoms with van der Waals surface area (Å²) in [5, 5.41) is 3.82. The predicted octanol–water partition coefficient (Wildman–Crippen LogP) is 3.76. The second kappa shape index (κ2) is 8.34. The maximum absolute atomic E-state index is 11.9. The monoisotopic (exact) mass is 367 g/mol. The first-order chi connectivity index (χ1) is 11.4. The molecule has 2 aromatic rings. The minimum absolute atomic E-state index is 0.0172. The minimum Gasteiger partial charge on any atom is -0.382 e. The van der Waals surface area contributed by atoms with Gasteiger partial charge in [0.2, 0.25) is 0 Å². The molecule has 0 saturated carbocycles. The predicted molar refractivity (Wildman–Crippen MR) is 97.6 cm³/mol.